The molecule has 1 unspecified atom stereocenters. The van der Waals surface area contributed by atoms with Gasteiger partial charge in [-0.1, -0.05) is 0 Å². The number of carbonyl (C=O) groups excluding carboxylic acids is 2. The van der Waals surface area contributed by atoms with Crippen molar-refractivity contribution in [1.82, 2.24) is 5.32 Å². The van der Waals surface area contributed by atoms with E-state index < -0.39 is 0 Å². The summed E-state index contributed by atoms with van der Waals surface area (Å²) in [4.78, 5) is 22.2. The number of rotatable bonds is 6. The summed E-state index contributed by atoms with van der Waals surface area (Å²) in [5.41, 5.74) is 0. The monoisotopic (exact) mass is 211 g/mol. The maximum atomic E-state index is 11.2. The van der Waals surface area contributed by atoms with E-state index in [0.29, 0.717) is 13.0 Å². The Morgan fingerprint density at radius 3 is 2.67 bits per heavy atom. The molecule has 0 rings (SSSR count). The predicted octanol–water partition coefficient (Wildman–Crippen LogP) is 0.858. The average Bonchev–Trinajstić information content (AvgIpc) is 2.15. The Bertz CT molecular complexity index is 255. The summed E-state index contributed by atoms with van der Waals surface area (Å²) in [7, 11) is 0. The molecule has 0 saturated carbocycles. The van der Waals surface area contributed by atoms with E-state index in [4.69, 9.17) is 11.2 Å². The lowest BCUT2D eigenvalue weighted by Gasteiger charge is -2.10. The molecule has 1 atom stereocenters. The first kappa shape index (κ1) is 13.5. The maximum Gasteiger partial charge on any atom is 0.306 e. The highest BCUT2D eigenvalue weighted by Gasteiger charge is 2.09. The Morgan fingerprint density at radius 2 is 2.13 bits per heavy atom. The molecule has 0 saturated heterocycles. The van der Waals surface area contributed by atoms with Crippen LogP contribution in [0.5, 0.6) is 0 Å². The van der Waals surface area contributed by atoms with Crippen LogP contribution >= 0.6 is 0 Å². The van der Waals surface area contributed by atoms with Crippen molar-refractivity contribution in [2.75, 3.05) is 6.61 Å². The van der Waals surface area contributed by atoms with Gasteiger partial charge in [-0.05, 0) is 13.8 Å². The third-order valence-electron chi connectivity index (χ3n) is 1.69. The van der Waals surface area contributed by atoms with E-state index in [1.165, 1.54) is 0 Å². The van der Waals surface area contributed by atoms with Crippen LogP contribution in [0.25, 0.3) is 0 Å². The van der Waals surface area contributed by atoms with Gasteiger partial charge in [0.05, 0.1) is 13.0 Å². The molecule has 0 aliphatic carbocycles. The molecule has 0 aromatic heterocycles. The Labute approximate surface area is 90.4 Å². The van der Waals surface area contributed by atoms with Crippen LogP contribution in [-0.4, -0.2) is 24.5 Å². The highest BCUT2D eigenvalue weighted by atomic mass is 16.5. The van der Waals surface area contributed by atoms with Gasteiger partial charge in [-0.25, -0.2) is 0 Å². The highest BCUT2D eigenvalue weighted by Crippen LogP contribution is 1.95. The molecule has 0 spiro atoms. The SMILES string of the molecule is C#CCC(C)NC(=O)CCC(=O)OCC. The van der Waals surface area contributed by atoms with E-state index in [2.05, 4.69) is 11.2 Å². The second-order valence-electron chi connectivity index (χ2n) is 3.18. The van der Waals surface area contributed by atoms with Crippen LogP contribution in [0.4, 0.5) is 0 Å². The molecule has 1 amide bonds. The zero-order chi connectivity index (χ0) is 11.7. The third kappa shape index (κ3) is 7.56. The lowest BCUT2D eigenvalue weighted by Crippen LogP contribution is -2.32. The van der Waals surface area contributed by atoms with Crippen LogP contribution < -0.4 is 5.32 Å². The van der Waals surface area contributed by atoms with E-state index >= 15 is 0 Å². The number of hydrogen-bond donors (Lipinski definition) is 1. The number of hydrogen-bond acceptors (Lipinski definition) is 3. The van der Waals surface area contributed by atoms with Crippen molar-refractivity contribution < 1.29 is 14.3 Å². The first-order chi connectivity index (χ1) is 7.10. The van der Waals surface area contributed by atoms with Gasteiger partial charge in [0.1, 0.15) is 0 Å². The van der Waals surface area contributed by atoms with Gasteiger partial charge in [-0.15, -0.1) is 12.3 Å². The van der Waals surface area contributed by atoms with E-state index in [1.807, 2.05) is 6.92 Å². The van der Waals surface area contributed by atoms with Crippen molar-refractivity contribution in [3.63, 3.8) is 0 Å². The molecule has 0 aromatic rings. The number of esters is 1. The number of ether oxygens (including phenoxy) is 1. The van der Waals surface area contributed by atoms with Crippen LogP contribution in [-0.2, 0) is 14.3 Å². The fourth-order valence-corrected chi connectivity index (χ4v) is 1.02. The second-order valence-corrected chi connectivity index (χ2v) is 3.18. The van der Waals surface area contributed by atoms with E-state index in [9.17, 15) is 9.59 Å². The largest absolute Gasteiger partial charge is 0.466 e. The van der Waals surface area contributed by atoms with Crippen LogP contribution in [0, 0.1) is 12.3 Å². The molecular formula is C11H17NO3. The molecule has 0 aliphatic rings. The van der Waals surface area contributed by atoms with E-state index in [1.54, 1.807) is 6.92 Å². The van der Waals surface area contributed by atoms with Crippen LogP contribution in [0.1, 0.15) is 33.1 Å². The van der Waals surface area contributed by atoms with Gasteiger partial charge >= 0.3 is 5.97 Å². The van der Waals surface area contributed by atoms with Gasteiger partial charge in [0.15, 0.2) is 0 Å². The summed E-state index contributed by atoms with van der Waals surface area (Å²) in [5.74, 6) is 1.93. The molecule has 4 heteroatoms. The zero-order valence-electron chi connectivity index (χ0n) is 9.21. The summed E-state index contributed by atoms with van der Waals surface area (Å²) in [5, 5.41) is 2.69. The van der Waals surface area contributed by atoms with Gasteiger partial charge in [0, 0.05) is 18.9 Å². The normalized spacial score (nSPS) is 11.3. The number of terminal acetylenes is 1. The Morgan fingerprint density at radius 1 is 1.47 bits per heavy atom. The molecule has 0 bridgehead atoms. The number of carbonyl (C=O) groups is 2. The van der Waals surface area contributed by atoms with Crippen molar-refractivity contribution in [2.45, 2.75) is 39.2 Å². The molecular weight excluding hydrogens is 194 g/mol. The van der Waals surface area contributed by atoms with Crippen molar-refractivity contribution in [3.8, 4) is 12.3 Å². The molecule has 4 nitrogen and oxygen atoms in total. The summed E-state index contributed by atoms with van der Waals surface area (Å²) in [6.07, 6.45) is 5.84. The molecule has 0 heterocycles. The molecule has 0 aliphatic heterocycles. The van der Waals surface area contributed by atoms with Crippen LogP contribution in [0.3, 0.4) is 0 Å². The van der Waals surface area contributed by atoms with E-state index in [0.717, 1.165) is 0 Å². The van der Waals surface area contributed by atoms with Crippen molar-refractivity contribution in [3.05, 3.63) is 0 Å². The average molecular weight is 211 g/mol. The predicted molar refractivity (Wildman–Crippen MR) is 56.9 cm³/mol. The van der Waals surface area contributed by atoms with Crippen molar-refractivity contribution in [1.29, 1.82) is 0 Å². The van der Waals surface area contributed by atoms with Gasteiger partial charge in [0.25, 0.3) is 0 Å². The molecule has 15 heavy (non-hydrogen) atoms. The molecule has 1 N–H and O–H groups in total. The van der Waals surface area contributed by atoms with Crippen LogP contribution in [0.2, 0.25) is 0 Å². The molecule has 0 aromatic carbocycles. The lowest BCUT2D eigenvalue weighted by atomic mass is 10.2. The maximum absolute atomic E-state index is 11.2. The minimum atomic E-state index is -0.350. The van der Waals surface area contributed by atoms with E-state index in [-0.39, 0.29) is 30.8 Å². The summed E-state index contributed by atoms with van der Waals surface area (Å²) < 4.78 is 4.69. The minimum Gasteiger partial charge on any atom is -0.466 e. The Hall–Kier alpha value is -1.50. The zero-order valence-corrected chi connectivity index (χ0v) is 9.21. The molecule has 0 fully saturated rings. The first-order valence-corrected chi connectivity index (χ1v) is 4.98. The standard InChI is InChI=1S/C11H17NO3/c1-4-6-9(3)12-10(13)7-8-11(14)15-5-2/h1,9H,5-8H2,2-3H3,(H,12,13). The quantitative estimate of drug-likeness (QED) is 0.523. The fraction of sp³-hybridized carbons (Fsp3) is 0.636. The van der Waals surface area contributed by atoms with Crippen molar-refractivity contribution in [2.24, 2.45) is 0 Å². The van der Waals surface area contributed by atoms with Gasteiger partial charge in [-0.2, -0.15) is 0 Å². The fourth-order valence-electron chi connectivity index (χ4n) is 1.02. The van der Waals surface area contributed by atoms with Crippen LogP contribution in [0.15, 0.2) is 0 Å². The second kappa shape index (κ2) is 7.86. The number of nitrogens with one attached hydrogen (secondary N) is 1. The smallest absolute Gasteiger partial charge is 0.306 e. The van der Waals surface area contributed by atoms with Gasteiger partial charge in [-0.3, -0.25) is 9.59 Å². The lowest BCUT2D eigenvalue weighted by molar-refractivity contribution is -0.144. The molecule has 84 valence electrons. The summed E-state index contributed by atoms with van der Waals surface area (Å²) >= 11 is 0. The van der Waals surface area contributed by atoms with Gasteiger partial charge in [0.2, 0.25) is 5.91 Å². The molecule has 0 radical (unpaired) electrons. The highest BCUT2D eigenvalue weighted by molar-refractivity contribution is 5.81. The number of amides is 1. The van der Waals surface area contributed by atoms with Crippen molar-refractivity contribution >= 4 is 11.9 Å². The topological polar surface area (TPSA) is 55.4 Å². The summed E-state index contributed by atoms with van der Waals surface area (Å²) in [6, 6.07) is -0.0512. The minimum absolute atomic E-state index is 0.0512. The Balaban J connectivity index is 3.66. The van der Waals surface area contributed by atoms with Gasteiger partial charge < -0.3 is 10.1 Å². The summed E-state index contributed by atoms with van der Waals surface area (Å²) in [6.45, 7) is 3.89. The Kier molecular flexibility index (Phi) is 7.08. The third-order valence-corrected chi connectivity index (χ3v) is 1.69. The first-order valence-electron chi connectivity index (χ1n) is 4.98.